The maximum atomic E-state index is 9.33. The molecule has 1 heterocycles. The van der Waals surface area contributed by atoms with Crippen LogP contribution in [0.15, 0.2) is 18.2 Å². The molecule has 1 atom stereocenters. The molecular formula is C13H18Cl2N2O. The third-order valence-electron chi connectivity index (χ3n) is 3.50. The molecule has 1 aromatic rings. The predicted octanol–water partition coefficient (Wildman–Crippen LogP) is 2.10. The molecule has 1 aromatic carbocycles. The molecule has 0 amide bonds. The van der Waals surface area contributed by atoms with Gasteiger partial charge < -0.3 is 5.11 Å². The van der Waals surface area contributed by atoms with Crippen molar-refractivity contribution in [3.63, 3.8) is 0 Å². The lowest BCUT2D eigenvalue weighted by atomic mass is 10.1. The van der Waals surface area contributed by atoms with Crippen LogP contribution >= 0.6 is 23.2 Å². The molecule has 1 aliphatic rings. The molecule has 1 fully saturated rings. The number of aliphatic hydroxyl groups excluding tert-OH is 1. The van der Waals surface area contributed by atoms with Gasteiger partial charge in [-0.3, -0.25) is 9.80 Å². The first-order valence-electron chi connectivity index (χ1n) is 6.08. The molecule has 1 saturated heterocycles. The minimum Gasteiger partial charge on any atom is -0.395 e. The van der Waals surface area contributed by atoms with Crippen molar-refractivity contribution in [3.05, 3.63) is 33.8 Å². The zero-order chi connectivity index (χ0) is 13.1. The Morgan fingerprint density at radius 3 is 2.83 bits per heavy atom. The van der Waals surface area contributed by atoms with Gasteiger partial charge in [0.05, 0.1) is 16.7 Å². The van der Waals surface area contributed by atoms with E-state index in [2.05, 4.69) is 9.80 Å². The molecule has 0 saturated carbocycles. The zero-order valence-electron chi connectivity index (χ0n) is 10.4. The van der Waals surface area contributed by atoms with Crippen molar-refractivity contribution < 1.29 is 5.11 Å². The van der Waals surface area contributed by atoms with Crippen molar-refractivity contribution in [2.24, 2.45) is 0 Å². The fraction of sp³-hybridized carbons (Fsp3) is 0.538. The average molecular weight is 289 g/mol. The fourth-order valence-corrected chi connectivity index (χ4v) is 2.64. The highest BCUT2D eigenvalue weighted by Crippen LogP contribution is 2.27. The Hall–Kier alpha value is -0.320. The van der Waals surface area contributed by atoms with Crippen LogP contribution in [0.3, 0.4) is 0 Å². The van der Waals surface area contributed by atoms with Crippen molar-refractivity contribution in [2.75, 3.05) is 33.3 Å². The van der Waals surface area contributed by atoms with E-state index in [1.54, 1.807) is 6.07 Å². The van der Waals surface area contributed by atoms with Crippen molar-refractivity contribution in [3.8, 4) is 0 Å². The van der Waals surface area contributed by atoms with Gasteiger partial charge >= 0.3 is 0 Å². The summed E-state index contributed by atoms with van der Waals surface area (Å²) >= 11 is 12.2. The minimum atomic E-state index is 0.191. The Morgan fingerprint density at radius 2 is 2.11 bits per heavy atom. The summed E-state index contributed by atoms with van der Waals surface area (Å²) < 4.78 is 0. The topological polar surface area (TPSA) is 26.7 Å². The first-order valence-corrected chi connectivity index (χ1v) is 6.83. The van der Waals surface area contributed by atoms with Gasteiger partial charge in [-0.25, -0.2) is 0 Å². The Labute approximate surface area is 118 Å². The summed E-state index contributed by atoms with van der Waals surface area (Å²) in [5.74, 6) is 0. The van der Waals surface area contributed by atoms with Crippen molar-refractivity contribution in [1.82, 2.24) is 9.80 Å². The minimum absolute atomic E-state index is 0.191. The summed E-state index contributed by atoms with van der Waals surface area (Å²) in [4.78, 5) is 4.49. The molecule has 0 bridgehead atoms. The molecule has 0 aromatic heterocycles. The second-order valence-electron chi connectivity index (χ2n) is 4.77. The number of halogens is 2. The van der Waals surface area contributed by atoms with Crippen LogP contribution in [-0.4, -0.2) is 54.2 Å². The van der Waals surface area contributed by atoms with E-state index in [0.717, 1.165) is 31.7 Å². The number of nitrogens with zero attached hydrogens (tertiary/aromatic N) is 2. The van der Waals surface area contributed by atoms with E-state index in [4.69, 9.17) is 23.2 Å². The van der Waals surface area contributed by atoms with Crippen LogP contribution in [-0.2, 0) is 6.54 Å². The fourth-order valence-electron chi connectivity index (χ4n) is 2.26. The number of benzene rings is 1. The molecular weight excluding hydrogens is 271 g/mol. The maximum absolute atomic E-state index is 9.33. The molecule has 5 heteroatoms. The summed E-state index contributed by atoms with van der Waals surface area (Å²) in [5, 5.41) is 10.6. The molecule has 100 valence electrons. The number of aliphatic hydroxyl groups is 1. The second kappa shape index (κ2) is 6.22. The van der Waals surface area contributed by atoms with Crippen molar-refractivity contribution in [2.45, 2.75) is 12.6 Å². The van der Waals surface area contributed by atoms with Gasteiger partial charge in [0.15, 0.2) is 0 Å². The monoisotopic (exact) mass is 288 g/mol. The van der Waals surface area contributed by atoms with E-state index in [1.807, 2.05) is 19.2 Å². The van der Waals surface area contributed by atoms with Gasteiger partial charge in [0.1, 0.15) is 0 Å². The number of hydrogen-bond acceptors (Lipinski definition) is 3. The number of likely N-dealkylation sites (N-methyl/N-ethyl adjacent to an activating group) is 1. The Bertz CT molecular complexity index is 414. The normalized spacial score (nSPS) is 22.3. The molecule has 0 unspecified atom stereocenters. The van der Waals surface area contributed by atoms with Crippen LogP contribution in [0, 0.1) is 0 Å². The molecule has 2 rings (SSSR count). The molecule has 18 heavy (non-hydrogen) atoms. The van der Waals surface area contributed by atoms with E-state index in [0.29, 0.717) is 10.0 Å². The van der Waals surface area contributed by atoms with Crippen molar-refractivity contribution in [1.29, 1.82) is 0 Å². The van der Waals surface area contributed by atoms with Crippen LogP contribution in [0.1, 0.15) is 5.56 Å². The largest absolute Gasteiger partial charge is 0.395 e. The van der Waals surface area contributed by atoms with Crippen LogP contribution in [0.25, 0.3) is 0 Å². The third-order valence-corrected chi connectivity index (χ3v) is 4.36. The lowest BCUT2D eigenvalue weighted by Gasteiger charge is -2.38. The van der Waals surface area contributed by atoms with E-state index < -0.39 is 0 Å². The standard InChI is InChI=1S/C13H18Cl2N2O/c1-16-5-6-17(8-11(16)9-18)7-10-3-2-4-12(14)13(10)15/h2-4,11,18H,5-9H2,1H3/t11-/m0/s1. The lowest BCUT2D eigenvalue weighted by molar-refractivity contribution is 0.0540. The van der Waals surface area contributed by atoms with Gasteiger partial charge in [0.25, 0.3) is 0 Å². The van der Waals surface area contributed by atoms with Crippen LogP contribution in [0.2, 0.25) is 10.0 Å². The van der Waals surface area contributed by atoms with Gasteiger partial charge in [0.2, 0.25) is 0 Å². The molecule has 1 N–H and O–H groups in total. The Morgan fingerprint density at radius 1 is 1.33 bits per heavy atom. The Balaban J connectivity index is 2.03. The first-order chi connectivity index (χ1) is 8.61. The van der Waals surface area contributed by atoms with E-state index in [1.165, 1.54) is 0 Å². The van der Waals surface area contributed by atoms with Gasteiger partial charge in [-0.2, -0.15) is 0 Å². The summed E-state index contributed by atoms with van der Waals surface area (Å²) in [6.45, 7) is 3.77. The van der Waals surface area contributed by atoms with E-state index in [9.17, 15) is 5.11 Å². The molecule has 0 radical (unpaired) electrons. The van der Waals surface area contributed by atoms with E-state index in [-0.39, 0.29) is 12.6 Å². The summed E-state index contributed by atoms with van der Waals surface area (Å²) in [5.41, 5.74) is 1.05. The van der Waals surface area contributed by atoms with Crippen LogP contribution < -0.4 is 0 Å². The Kier molecular flexibility index (Phi) is 4.87. The number of piperazine rings is 1. The quantitative estimate of drug-likeness (QED) is 0.923. The lowest BCUT2D eigenvalue weighted by Crippen LogP contribution is -2.52. The number of rotatable bonds is 3. The highest BCUT2D eigenvalue weighted by Gasteiger charge is 2.24. The number of hydrogen-bond donors (Lipinski definition) is 1. The molecule has 0 spiro atoms. The predicted molar refractivity (Wildman–Crippen MR) is 75.2 cm³/mol. The smallest absolute Gasteiger partial charge is 0.0637 e. The molecule has 0 aliphatic carbocycles. The van der Waals surface area contributed by atoms with Gasteiger partial charge in [-0.15, -0.1) is 0 Å². The highest BCUT2D eigenvalue weighted by atomic mass is 35.5. The highest BCUT2D eigenvalue weighted by molar-refractivity contribution is 6.42. The summed E-state index contributed by atoms with van der Waals surface area (Å²) in [7, 11) is 2.05. The average Bonchev–Trinajstić information content (AvgIpc) is 2.37. The van der Waals surface area contributed by atoms with Crippen LogP contribution in [0.4, 0.5) is 0 Å². The van der Waals surface area contributed by atoms with Crippen LogP contribution in [0.5, 0.6) is 0 Å². The second-order valence-corrected chi connectivity index (χ2v) is 5.55. The van der Waals surface area contributed by atoms with Gasteiger partial charge in [-0.1, -0.05) is 35.3 Å². The maximum Gasteiger partial charge on any atom is 0.0637 e. The van der Waals surface area contributed by atoms with E-state index >= 15 is 0 Å². The molecule has 1 aliphatic heterocycles. The van der Waals surface area contributed by atoms with Crippen molar-refractivity contribution >= 4 is 23.2 Å². The van der Waals surface area contributed by atoms with Gasteiger partial charge in [0, 0.05) is 32.2 Å². The van der Waals surface area contributed by atoms with Gasteiger partial charge in [-0.05, 0) is 18.7 Å². The SMILES string of the molecule is CN1CCN(Cc2cccc(Cl)c2Cl)C[C@H]1CO. The summed E-state index contributed by atoms with van der Waals surface area (Å²) in [6.07, 6.45) is 0. The first kappa shape index (κ1) is 14.1. The zero-order valence-corrected chi connectivity index (χ0v) is 12.0. The third kappa shape index (κ3) is 3.16. The molecule has 3 nitrogen and oxygen atoms in total. The summed E-state index contributed by atoms with van der Waals surface area (Å²) in [6, 6.07) is 5.93.